The second-order valence-electron chi connectivity index (χ2n) is 6.76. The van der Waals surface area contributed by atoms with Gasteiger partial charge in [0.2, 0.25) is 5.91 Å². The number of amides is 1. The molecule has 0 bridgehead atoms. The predicted octanol–water partition coefficient (Wildman–Crippen LogP) is 3.89. The summed E-state index contributed by atoms with van der Waals surface area (Å²) in [6.07, 6.45) is 9.59. The molecule has 4 rings (SSSR count). The van der Waals surface area contributed by atoms with Crippen molar-refractivity contribution in [2.45, 2.75) is 61.5 Å². The molecule has 2 atom stereocenters. The first kappa shape index (κ1) is 15.8. The maximum atomic E-state index is 12.7. The first-order valence-electron chi connectivity index (χ1n) is 8.80. The average Bonchev–Trinajstić information content (AvgIpc) is 3.34. The summed E-state index contributed by atoms with van der Waals surface area (Å²) in [7, 11) is 0. The number of fused-ring (bicyclic) bond motifs is 1. The van der Waals surface area contributed by atoms with Crippen molar-refractivity contribution in [3.05, 3.63) is 47.8 Å². The Morgan fingerprint density at radius 1 is 1.33 bits per heavy atom. The van der Waals surface area contributed by atoms with Crippen molar-refractivity contribution in [3.63, 3.8) is 0 Å². The van der Waals surface area contributed by atoms with Crippen LogP contribution in [-0.2, 0) is 11.2 Å². The molecule has 1 saturated carbocycles. The van der Waals surface area contributed by atoms with E-state index in [4.69, 9.17) is 0 Å². The van der Waals surface area contributed by atoms with Crippen molar-refractivity contribution in [2.24, 2.45) is 0 Å². The number of nitrogens with one attached hydrogen (secondary N) is 1. The molecule has 1 amide bonds. The van der Waals surface area contributed by atoms with E-state index >= 15 is 0 Å². The average molecular weight is 341 g/mol. The molecule has 2 aromatic rings. The maximum Gasteiger partial charge on any atom is 0.233 e. The number of rotatable bonds is 5. The SMILES string of the molecule is C[C@H](Sc1nccn1C1CC1)C(=O)N[C@H]1CCCc2ccccc21. The third kappa shape index (κ3) is 3.22. The zero-order valence-electron chi connectivity index (χ0n) is 13.9. The van der Waals surface area contributed by atoms with Gasteiger partial charge in [-0.1, -0.05) is 36.0 Å². The molecule has 0 unspecified atom stereocenters. The number of benzene rings is 1. The highest BCUT2D eigenvalue weighted by Gasteiger charge is 2.28. The summed E-state index contributed by atoms with van der Waals surface area (Å²) in [5.41, 5.74) is 2.66. The molecule has 0 radical (unpaired) electrons. The Morgan fingerprint density at radius 3 is 3.00 bits per heavy atom. The minimum Gasteiger partial charge on any atom is -0.348 e. The second kappa shape index (κ2) is 6.63. The van der Waals surface area contributed by atoms with Gasteiger partial charge in [0.1, 0.15) is 0 Å². The normalized spacial score (nSPS) is 21.1. The second-order valence-corrected chi connectivity index (χ2v) is 8.07. The third-order valence-corrected chi connectivity index (χ3v) is 6.01. The van der Waals surface area contributed by atoms with E-state index in [2.05, 4.69) is 39.1 Å². The molecular formula is C19H23N3OS. The van der Waals surface area contributed by atoms with E-state index in [1.54, 1.807) is 11.8 Å². The lowest BCUT2D eigenvalue weighted by Gasteiger charge is -2.27. The van der Waals surface area contributed by atoms with E-state index in [-0.39, 0.29) is 17.2 Å². The molecule has 126 valence electrons. The zero-order valence-corrected chi connectivity index (χ0v) is 14.8. The van der Waals surface area contributed by atoms with Gasteiger partial charge in [-0.2, -0.15) is 0 Å². The fourth-order valence-corrected chi connectivity index (χ4v) is 4.37. The largest absolute Gasteiger partial charge is 0.348 e. The fraction of sp³-hybridized carbons (Fsp3) is 0.474. The summed E-state index contributed by atoms with van der Waals surface area (Å²) < 4.78 is 2.21. The highest BCUT2D eigenvalue weighted by Crippen LogP contribution is 2.38. The van der Waals surface area contributed by atoms with Gasteiger partial charge < -0.3 is 9.88 Å². The number of carbonyl (C=O) groups excluding carboxylic acids is 1. The van der Waals surface area contributed by atoms with Gasteiger partial charge in [0.25, 0.3) is 0 Å². The summed E-state index contributed by atoms with van der Waals surface area (Å²) >= 11 is 1.56. The molecule has 1 heterocycles. The van der Waals surface area contributed by atoms with Gasteiger partial charge in [-0.05, 0) is 50.2 Å². The maximum absolute atomic E-state index is 12.7. The molecule has 0 saturated heterocycles. The molecule has 1 N–H and O–H groups in total. The van der Waals surface area contributed by atoms with Crippen molar-refractivity contribution in [1.29, 1.82) is 0 Å². The molecule has 1 fully saturated rings. The highest BCUT2D eigenvalue weighted by molar-refractivity contribution is 8.00. The fourth-order valence-electron chi connectivity index (χ4n) is 3.43. The molecule has 4 nitrogen and oxygen atoms in total. The Labute approximate surface area is 147 Å². The van der Waals surface area contributed by atoms with Crippen molar-refractivity contribution < 1.29 is 4.79 Å². The van der Waals surface area contributed by atoms with E-state index in [0.29, 0.717) is 6.04 Å². The van der Waals surface area contributed by atoms with Crippen LogP contribution in [0.3, 0.4) is 0 Å². The summed E-state index contributed by atoms with van der Waals surface area (Å²) in [5, 5.41) is 4.08. The van der Waals surface area contributed by atoms with Crippen LogP contribution in [0.2, 0.25) is 0 Å². The molecule has 0 spiro atoms. The van der Waals surface area contributed by atoms with Crippen LogP contribution in [0.5, 0.6) is 0 Å². The van der Waals surface area contributed by atoms with Gasteiger partial charge in [-0.15, -0.1) is 0 Å². The molecule has 24 heavy (non-hydrogen) atoms. The van der Waals surface area contributed by atoms with Crippen molar-refractivity contribution in [1.82, 2.24) is 14.9 Å². The van der Waals surface area contributed by atoms with E-state index < -0.39 is 0 Å². The van der Waals surface area contributed by atoms with Gasteiger partial charge >= 0.3 is 0 Å². The molecular weight excluding hydrogens is 318 g/mol. The standard InChI is InChI=1S/C19H23N3OS/c1-13(24-19-20-11-12-22(19)15-9-10-15)18(23)21-17-8-4-6-14-5-2-3-7-16(14)17/h2-3,5,7,11-13,15,17H,4,6,8-10H2,1H3,(H,21,23)/t13-,17-/m0/s1. The number of aryl methyl sites for hydroxylation is 1. The Kier molecular flexibility index (Phi) is 4.35. The van der Waals surface area contributed by atoms with E-state index in [9.17, 15) is 4.79 Å². The van der Waals surface area contributed by atoms with Gasteiger partial charge in [-0.25, -0.2) is 4.98 Å². The summed E-state index contributed by atoms with van der Waals surface area (Å²) in [4.78, 5) is 17.1. The van der Waals surface area contributed by atoms with Crippen LogP contribution in [0.15, 0.2) is 41.8 Å². The summed E-state index contributed by atoms with van der Waals surface area (Å²) in [6, 6.07) is 9.21. The monoisotopic (exact) mass is 341 g/mol. The van der Waals surface area contributed by atoms with Crippen LogP contribution in [0.1, 0.15) is 55.8 Å². The zero-order chi connectivity index (χ0) is 16.5. The Morgan fingerprint density at radius 2 is 2.17 bits per heavy atom. The van der Waals surface area contributed by atoms with Crippen LogP contribution in [0, 0.1) is 0 Å². The molecule has 2 aliphatic carbocycles. The Balaban J connectivity index is 1.42. The lowest BCUT2D eigenvalue weighted by molar-refractivity contribution is -0.121. The molecule has 1 aromatic carbocycles. The van der Waals surface area contributed by atoms with Crippen molar-refractivity contribution in [3.8, 4) is 0 Å². The number of nitrogens with zero attached hydrogens (tertiary/aromatic N) is 2. The highest BCUT2D eigenvalue weighted by atomic mass is 32.2. The van der Waals surface area contributed by atoms with Gasteiger partial charge in [0, 0.05) is 18.4 Å². The van der Waals surface area contributed by atoms with Crippen molar-refractivity contribution in [2.75, 3.05) is 0 Å². The molecule has 0 aliphatic heterocycles. The van der Waals surface area contributed by atoms with E-state index in [1.807, 2.05) is 19.3 Å². The van der Waals surface area contributed by atoms with Crippen LogP contribution < -0.4 is 5.32 Å². The predicted molar refractivity (Wildman–Crippen MR) is 96.1 cm³/mol. The number of hydrogen-bond donors (Lipinski definition) is 1. The lowest BCUT2D eigenvalue weighted by Crippen LogP contribution is -2.36. The lowest BCUT2D eigenvalue weighted by atomic mass is 9.88. The Hall–Kier alpha value is -1.75. The first-order valence-corrected chi connectivity index (χ1v) is 9.68. The molecule has 5 heteroatoms. The van der Waals surface area contributed by atoms with Crippen LogP contribution in [0.25, 0.3) is 0 Å². The first-order chi connectivity index (χ1) is 11.7. The minimum atomic E-state index is -0.140. The van der Waals surface area contributed by atoms with Crippen LogP contribution in [-0.4, -0.2) is 20.7 Å². The topological polar surface area (TPSA) is 46.9 Å². The van der Waals surface area contributed by atoms with E-state index in [0.717, 1.165) is 24.4 Å². The van der Waals surface area contributed by atoms with Crippen LogP contribution in [0.4, 0.5) is 0 Å². The summed E-state index contributed by atoms with van der Waals surface area (Å²) in [5.74, 6) is 0.104. The van der Waals surface area contributed by atoms with Crippen LogP contribution >= 0.6 is 11.8 Å². The number of imidazole rings is 1. The number of carbonyl (C=O) groups is 1. The minimum absolute atomic E-state index is 0.104. The molecule has 2 aliphatic rings. The van der Waals surface area contributed by atoms with E-state index in [1.165, 1.54) is 24.0 Å². The van der Waals surface area contributed by atoms with Gasteiger partial charge in [0.15, 0.2) is 5.16 Å². The quantitative estimate of drug-likeness (QED) is 0.839. The van der Waals surface area contributed by atoms with Gasteiger partial charge in [0.05, 0.1) is 11.3 Å². The smallest absolute Gasteiger partial charge is 0.233 e. The van der Waals surface area contributed by atoms with Crippen molar-refractivity contribution >= 4 is 17.7 Å². The molecule has 1 aromatic heterocycles. The number of thioether (sulfide) groups is 1. The summed E-state index contributed by atoms with van der Waals surface area (Å²) in [6.45, 7) is 1.97. The number of hydrogen-bond acceptors (Lipinski definition) is 3. The number of aromatic nitrogens is 2. The third-order valence-electron chi connectivity index (χ3n) is 4.91. The Bertz CT molecular complexity index is 738. The van der Waals surface area contributed by atoms with Gasteiger partial charge in [-0.3, -0.25) is 4.79 Å².